The molecule has 0 saturated heterocycles. The maximum atomic E-state index is 9.06. The Morgan fingerprint density at radius 3 is 2.72 bits per heavy atom. The Hall–Kier alpha value is -1.39. The Balaban J connectivity index is 2.44. The van der Waals surface area contributed by atoms with Gasteiger partial charge in [0, 0.05) is 10.9 Å². The Morgan fingerprint density at radius 2 is 2.17 bits per heavy atom. The molecule has 1 heterocycles. The summed E-state index contributed by atoms with van der Waals surface area (Å²) >= 11 is 1.46. The molecule has 2 aromatic rings. The van der Waals surface area contributed by atoms with Gasteiger partial charge in [-0.15, -0.1) is 11.3 Å². The smallest absolute Gasteiger partial charge is 0.128 e. The first-order chi connectivity index (χ1) is 8.65. The van der Waals surface area contributed by atoms with Crippen molar-refractivity contribution < 1.29 is 9.84 Å². The molecule has 0 spiro atoms. The lowest BCUT2D eigenvalue weighted by Gasteiger charge is -2.11. The molecule has 1 aromatic carbocycles. The molecule has 0 atom stereocenters. The van der Waals surface area contributed by atoms with Gasteiger partial charge in [-0.1, -0.05) is 19.9 Å². The van der Waals surface area contributed by atoms with Crippen molar-refractivity contribution in [1.29, 1.82) is 0 Å². The minimum atomic E-state index is -0.0168. The van der Waals surface area contributed by atoms with Crippen LogP contribution in [-0.4, -0.2) is 17.2 Å². The summed E-state index contributed by atoms with van der Waals surface area (Å²) in [5, 5.41) is 11.7. The lowest BCUT2D eigenvalue weighted by molar-refractivity contribution is 0.281. The summed E-state index contributed by atoms with van der Waals surface area (Å²) in [6.45, 7) is 4.29. The molecule has 0 saturated carbocycles. The van der Waals surface area contributed by atoms with Crippen LogP contribution in [-0.2, 0) is 6.61 Å². The highest BCUT2D eigenvalue weighted by molar-refractivity contribution is 7.09. The molecule has 0 fully saturated rings. The molecule has 0 unspecified atom stereocenters. The van der Waals surface area contributed by atoms with Crippen molar-refractivity contribution in [3.8, 4) is 17.0 Å². The number of rotatable bonds is 4. The fourth-order valence-electron chi connectivity index (χ4n) is 1.79. The Kier molecular flexibility index (Phi) is 3.99. The number of benzene rings is 1. The second-order valence-electron chi connectivity index (χ2n) is 4.40. The van der Waals surface area contributed by atoms with E-state index in [0.29, 0.717) is 5.92 Å². The summed E-state index contributed by atoms with van der Waals surface area (Å²) in [5.41, 5.74) is 3.07. The first-order valence-corrected chi connectivity index (χ1v) is 6.77. The number of ether oxygens (including phenoxy) is 1. The predicted octanol–water partition coefficient (Wildman–Crippen LogP) is 3.43. The molecule has 0 radical (unpaired) electrons. The molecular formula is C14H17NO2S. The minimum Gasteiger partial charge on any atom is -0.496 e. The summed E-state index contributed by atoms with van der Waals surface area (Å²) in [7, 11) is 1.67. The molecule has 1 aromatic heterocycles. The van der Waals surface area contributed by atoms with Crippen molar-refractivity contribution in [3.63, 3.8) is 0 Å². The second kappa shape index (κ2) is 5.50. The lowest BCUT2D eigenvalue weighted by Crippen LogP contribution is -1.93. The molecule has 3 nitrogen and oxygen atoms in total. The van der Waals surface area contributed by atoms with Gasteiger partial charge in [-0.25, -0.2) is 4.98 Å². The molecule has 0 amide bonds. The van der Waals surface area contributed by atoms with E-state index in [1.54, 1.807) is 7.11 Å². The van der Waals surface area contributed by atoms with Crippen LogP contribution in [0.3, 0.4) is 0 Å². The first kappa shape index (κ1) is 13.1. The molecule has 1 N–H and O–H groups in total. The summed E-state index contributed by atoms with van der Waals surface area (Å²) in [5.74, 6) is 1.30. The van der Waals surface area contributed by atoms with E-state index in [1.807, 2.05) is 11.4 Å². The standard InChI is InChI=1S/C14H17NO2S/c1-9(2)10-4-5-11(13(6-10)17-3)12-8-18-14(7-16)15-12/h4-6,8-9,16H,7H2,1-3H3. The zero-order valence-electron chi connectivity index (χ0n) is 10.8. The molecule has 18 heavy (non-hydrogen) atoms. The third kappa shape index (κ3) is 2.54. The Labute approximate surface area is 111 Å². The van der Waals surface area contributed by atoms with Crippen molar-refractivity contribution in [3.05, 3.63) is 34.2 Å². The van der Waals surface area contributed by atoms with Crippen molar-refractivity contribution in [2.75, 3.05) is 7.11 Å². The van der Waals surface area contributed by atoms with Gasteiger partial charge in [0.05, 0.1) is 19.4 Å². The summed E-state index contributed by atoms with van der Waals surface area (Å²) in [4.78, 5) is 4.37. The first-order valence-electron chi connectivity index (χ1n) is 5.89. The predicted molar refractivity (Wildman–Crippen MR) is 74.1 cm³/mol. The molecule has 0 aliphatic heterocycles. The summed E-state index contributed by atoms with van der Waals surface area (Å²) < 4.78 is 5.44. The Morgan fingerprint density at radius 1 is 1.39 bits per heavy atom. The molecule has 0 aliphatic carbocycles. The van der Waals surface area contributed by atoms with Crippen LogP contribution < -0.4 is 4.74 Å². The number of aliphatic hydroxyl groups is 1. The second-order valence-corrected chi connectivity index (χ2v) is 5.34. The Bertz CT molecular complexity index is 534. The van der Waals surface area contributed by atoms with Crippen LogP contribution >= 0.6 is 11.3 Å². The maximum absolute atomic E-state index is 9.06. The number of aliphatic hydroxyl groups excluding tert-OH is 1. The van der Waals surface area contributed by atoms with Crippen molar-refractivity contribution in [1.82, 2.24) is 4.98 Å². The van der Waals surface area contributed by atoms with Gasteiger partial charge >= 0.3 is 0 Å². The van der Waals surface area contributed by atoms with Crippen LogP contribution in [0.25, 0.3) is 11.3 Å². The normalized spacial score (nSPS) is 10.9. The highest BCUT2D eigenvalue weighted by atomic mass is 32.1. The number of hydrogen-bond acceptors (Lipinski definition) is 4. The lowest BCUT2D eigenvalue weighted by atomic mass is 10.00. The molecule has 96 valence electrons. The fraction of sp³-hybridized carbons (Fsp3) is 0.357. The fourth-order valence-corrected chi connectivity index (χ4v) is 2.44. The molecule has 0 bridgehead atoms. The van der Waals surface area contributed by atoms with E-state index in [1.165, 1.54) is 16.9 Å². The van der Waals surface area contributed by atoms with Gasteiger partial charge in [-0.3, -0.25) is 0 Å². The molecule has 4 heteroatoms. The zero-order chi connectivity index (χ0) is 13.1. The largest absolute Gasteiger partial charge is 0.496 e. The van der Waals surface area contributed by atoms with Crippen molar-refractivity contribution >= 4 is 11.3 Å². The highest BCUT2D eigenvalue weighted by Crippen LogP contribution is 2.33. The van der Waals surface area contributed by atoms with Crippen LogP contribution in [0.2, 0.25) is 0 Å². The van der Waals surface area contributed by atoms with E-state index in [4.69, 9.17) is 9.84 Å². The summed E-state index contributed by atoms with van der Waals surface area (Å²) in [6.07, 6.45) is 0. The van der Waals surface area contributed by atoms with Crippen LogP contribution in [0, 0.1) is 0 Å². The number of methoxy groups -OCH3 is 1. The van der Waals surface area contributed by atoms with Gasteiger partial charge in [-0.05, 0) is 23.6 Å². The average molecular weight is 263 g/mol. The minimum absolute atomic E-state index is 0.0168. The number of thiazole rings is 1. The van der Waals surface area contributed by atoms with Gasteiger partial charge in [0.15, 0.2) is 0 Å². The topological polar surface area (TPSA) is 42.4 Å². The average Bonchev–Trinajstić information content (AvgIpc) is 2.86. The molecule has 0 aliphatic rings. The molecule has 2 rings (SSSR count). The summed E-state index contributed by atoms with van der Waals surface area (Å²) in [6, 6.07) is 6.18. The van der Waals surface area contributed by atoms with E-state index in [-0.39, 0.29) is 6.61 Å². The van der Waals surface area contributed by atoms with E-state index < -0.39 is 0 Å². The van der Waals surface area contributed by atoms with Crippen molar-refractivity contribution in [2.24, 2.45) is 0 Å². The number of hydrogen-bond donors (Lipinski definition) is 1. The van der Waals surface area contributed by atoms with Crippen LogP contribution in [0.1, 0.15) is 30.3 Å². The van der Waals surface area contributed by atoms with Crippen LogP contribution in [0.5, 0.6) is 5.75 Å². The SMILES string of the molecule is COc1cc(C(C)C)ccc1-c1csc(CO)n1. The van der Waals surface area contributed by atoms with E-state index in [2.05, 4.69) is 31.0 Å². The van der Waals surface area contributed by atoms with Crippen molar-refractivity contribution in [2.45, 2.75) is 26.4 Å². The van der Waals surface area contributed by atoms with Gasteiger partial charge in [0.25, 0.3) is 0 Å². The zero-order valence-corrected chi connectivity index (χ0v) is 11.6. The third-order valence-corrected chi connectivity index (χ3v) is 3.69. The number of nitrogens with zero attached hydrogens (tertiary/aromatic N) is 1. The van der Waals surface area contributed by atoms with Gasteiger partial charge in [0.2, 0.25) is 0 Å². The van der Waals surface area contributed by atoms with E-state index in [0.717, 1.165) is 22.0 Å². The van der Waals surface area contributed by atoms with Crippen LogP contribution in [0.4, 0.5) is 0 Å². The number of aromatic nitrogens is 1. The van der Waals surface area contributed by atoms with Crippen LogP contribution in [0.15, 0.2) is 23.6 Å². The monoisotopic (exact) mass is 263 g/mol. The quantitative estimate of drug-likeness (QED) is 0.919. The van der Waals surface area contributed by atoms with Gasteiger partial charge in [0.1, 0.15) is 10.8 Å². The van der Waals surface area contributed by atoms with Gasteiger partial charge < -0.3 is 9.84 Å². The van der Waals surface area contributed by atoms with E-state index in [9.17, 15) is 0 Å². The highest BCUT2D eigenvalue weighted by Gasteiger charge is 2.11. The maximum Gasteiger partial charge on any atom is 0.128 e. The third-order valence-electron chi connectivity index (χ3n) is 2.86. The molecular weight excluding hydrogens is 246 g/mol. The van der Waals surface area contributed by atoms with Gasteiger partial charge in [-0.2, -0.15) is 0 Å². The van der Waals surface area contributed by atoms with E-state index >= 15 is 0 Å².